The number of hydrogen-bond donors (Lipinski definition) is 2. The molecular formula is C22H21F4N3O3. The molecule has 2 atom stereocenters. The van der Waals surface area contributed by atoms with E-state index in [-0.39, 0.29) is 0 Å². The number of benzene rings is 2. The van der Waals surface area contributed by atoms with Gasteiger partial charge in [-0.3, -0.25) is 14.4 Å². The zero-order chi connectivity index (χ0) is 23.7. The lowest BCUT2D eigenvalue weighted by molar-refractivity contribution is -0.147. The van der Waals surface area contributed by atoms with Crippen molar-refractivity contribution in [3.8, 4) is 11.1 Å². The van der Waals surface area contributed by atoms with Crippen LogP contribution in [0.4, 0.5) is 23.2 Å². The number of alkyl halides is 4. The summed E-state index contributed by atoms with van der Waals surface area (Å²) in [7, 11) is 1.50. The van der Waals surface area contributed by atoms with Crippen molar-refractivity contribution in [2.24, 2.45) is 0 Å². The van der Waals surface area contributed by atoms with Crippen molar-refractivity contribution in [3.05, 3.63) is 54.1 Å². The van der Waals surface area contributed by atoms with E-state index in [1.807, 2.05) is 0 Å². The van der Waals surface area contributed by atoms with Gasteiger partial charge in [0.15, 0.2) is 0 Å². The van der Waals surface area contributed by atoms with Crippen molar-refractivity contribution in [3.63, 3.8) is 0 Å². The van der Waals surface area contributed by atoms with Crippen LogP contribution in [0, 0.1) is 0 Å². The molecule has 10 heteroatoms. The topological polar surface area (TPSA) is 78.5 Å². The maximum atomic E-state index is 15.0. The van der Waals surface area contributed by atoms with Gasteiger partial charge in [-0.15, -0.1) is 0 Å². The number of fused-ring (bicyclic) bond motifs is 3. The zero-order valence-electron chi connectivity index (χ0n) is 17.3. The van der Waals surface area contributed by atoms with Crippen LogP contribution in [-0.2, 0) is 14.4 Å². The highest BCUT2D eigenvalue weighted by Gasteiger charge is 2.44. The highest BCUT2D eigenvalue weighted by Crippen LogP contribution is 2.39. The largest absolute Gasteiger partial charge is 0.390 e. The molecular weight excluding hydrogens is 430 g/mol. The number of amides is 3. The molecule has 2 aromatic carbocycles. The fourth-order valence-corrected chi connectivity index (χ4v) is 3.43. The molecule has 0 aromatic heterocycles. The summed E-state index contributed by atoms with van der Waals surface area (Å²) in [4.78, 5) is 39.2. The van der Waals surface area contributed by atoms with Gasteiger partial charge in [0.05, 0.1) is 12.1 Å². The Labute approximate surface area is 181 Å². The standard InChI is InChI=1S/C22H21F4N3O3/c1-21(23,19(31)27-12-11-22(24,25)26)20(32)28-17-15-9-4-3-7-13(15)14-8-5-6-10-16(14)29(2)18(17)30/h3-10,17H,11-12H2,1-2H3,(H,27,31)(H,28,32)/t17-,21+/m0/s1. The second kappa shape index (κ2) is 8.60. The molecule has 170 valence electrons. The summed E-state index contributed by atoms with van der Waals surface area (Å²) in [5.41, 5.74) is -0.853. The highest BCUT2D eigenvalue weighted by atomic mass is 19.4. The molecule has 0 fully saturated rings. The molecule has 0 saturated carbocycles. The summed E-state index contributed by atoms with van der Waals surface area (Å²) in [6, 6.07) is 12.5. The molecule has 1 aliphatic heterocycles. The van der Waals surface area contributed by atoms with Crippen molar-refractivity contribution in [1.82, 2.24) is 10.6 Å². The quantitative estimate of drug-likeness (QED) is 0.541. The smallest absolute Gasteiger partial charge is 0.353 e. The average Bonchev–Trinajstić information content (AvgIpc) is 2.82. The van der Waals surface area contributed by atoms with E-state index in [0.717, 1.165) is 5.56 Å². The van der Waals surface area contributed by atoms with E-state index >= 15 is 0 Å². The summed E-state index contributed by atoms with van der Waals surface area (Å²) in [5.74, 6) is -3.52. The SMILES string of the molecule is CN1C(=O)[C@@H](NC(=O)[C@](C)(F)C(=O)NCCC(F)(F)F)c2ccccc2-c2ccccc21. The Bertz CT molecular complexity index is 1050. The molecule has 0 unspecified atom stereocenters. The van der Waals surface area contributed by atoms with E-state index in [0.29, 0.717) is 23.7 Å². The number of likely N-dealkylation sites (N-methyl/N-ethyl adjacent to an activating group) is 1. The van der Waals surface area contributed by atoms with Gasteiger partial charge in [-0.05, 0) is 24.1 Å². The molecule has 32 heavy (non-hydrogen) atoms. The van der Waals surface area contributed by atoms with Gasteiger partial charge in [0.2, 0.25) is 0 Å². The molecule has 2 N–H and O–H groups in total. The Morgan fingerprint density at radius 2 is 1.56 bits per heavy atom. The summed E-state index contributed by atoms with van der Waals surface area (Å²) in [5, 5.41) is 4.04. The number of para-hydroxylation sites is 1. The zero-order valence-corrected chi connectivity index (χ0v) is 17.3. The fraction of sp³-hybridized carbons (Fsp3) is 0.318. The molecule has 1 aliphatic rings. The van der Waals surface area contributed by atoms with E-state index in [2.05, 4.69) is 5.32 Å². The summed E-state index contributed by atoms with van der Waals surface area (Å²) < 4.78 is 51.8. The van der Waals surface area contributed by atoms with Gasteiger partial charge in [-0.25, -0.2) is 4.39 Å². The average molecular weight is 451 g/mol. The number of hydrogen-bond acceptors (Lipinski definition) is 3. The first-order valence-electron chi connectivity index (χ1n) is 9.74. The second-order valence-electron chi connectivity index (χ2n) is 7.53. The second-order valence-corrected chi connectivity index (χ2v) is 7.53. The maximum absolute atomic E-state index is 15.0. The molecule has 1 heterocycles. The third kappa shape index (κ3) is 4.58. The molecule has 6 nitrogen and oxygen atoms in total. The molecule has 0 spiro atoms. The Balaban J connectivity index is 1.87. The van der Waals surface area contributed by atoms with Gasteiger partial charge in [-0.2, -0.15) is 13.2 Å². The van der Waals surface area contributed by atoms with Crippen molar-refractivity contribution >= 4 is 23.4 Å². The van der Waals surface area contributed by atoms with Crippen LogP contribution in [0.25, 0.3) is 11.1 Å². The number of carbonyl (C=O) groups is 3. The van der Waals surface area contributed by atoms with Crippen LogP contribution >= 0.6 is 0 Å². The number of nitrogens with one attached hydrogen (secondary N) is 2. The third-order valence-electron chi connectivity index (χ3n) is 5.23. The predicted octanol–water partition coefficient (Wildman–Crippen LogP) is 3.28. The molecule has 0 bridgehead atoms. The first-order chi connectivity index (χ1) is 14.9. The fourth-order valence-electron chi connectivity index (χ4n) is 3.43. The number of rotatable bonds is 5. The number of carbonyl (C=O) groups excluding carboxylic acids is 3. The van der Waals surface area contributed by atoms with E-state index in [4.69, 9.17) is 0 Å². The lowest BCUT2D eigenvalue weighted by Gasteiger charge is -2.26. The van der Waals surface area contributed by atoms with Gasteiger partial charge >= 0.3 is 6.18 Å². The van der Waals surface area contributed by atoms with Crippen LogP contribution in [0.3, 0.4) is 0 Å². The van der Waals surface area contributed by atoms with Crippen LogP contribution < -0.4 is 15.5 Å². The first-order valence-corrected chi connectivity index (χ1v) is 9.74. The maximum Gasteiger partial charge on any atom is 0.390 e. The van der Waals surface area contributed by atoms with Crippen molar-refractivity contribution in [2.75, 3.05) is 18.5 Å². The van der Waals surface area contributed by atoms with Crippen molar-refractivity contribution in [2.45, 2.75) is 31.2 Å². The summed E-state index contributed by atoms with van der Waals surface area (Å²) >= 11 is 0. The number of anilines is 1. The minimum Gasteiger partial charge on any atom is -0.353 e. The molecule has 3 rings (SSSR count). The Morgan fingerprint density at radius 1 is 0.969 bits per heavy atom. The van der Waals surface area contributed by atoms with Crippen LogP contribution in [-0.4, -0.2) is 43.2 Å². The number of nitrogens with zero attached hydrogens (tertiary/aromatic N) is 1. The highest BCUT2D eigenvalue weighted by molar-refractivity contribution is 6.11. The minimum absolute atomic E-state index is 0.399. The van der Waals surface area contributed by atoms with E-state index in [1.165, 1.54) is 11.9 Å². The van der Waals surface area contributed by atoms with Gasteiger partial charge < -0.3 is 15.5 Å². The van der Waals surface area contributed by atoms with Crippen LogP contribution in [0.1, 0.15) is 24.9 Å². The lowest BCUT2D eigenvalue weighted by atomic mass is 9.95. The molecule has 3 amide bonds. The Hall–Kier alpha value is -3.43. The van der Waals surface area contributed by atoms with Gasteiger partial charge in [0, 0.05) is 19.2 Å². The summed E-state index contributed by atoms with van der Waals surface area (Å²) in [6.45, 7) is -0.241. The molecule has 2 aromatic rings. The number of halogens is 4. The van der Waals surface area contributed by atoms with Crippen LogP contribution in [0.15, 0.2) is 48.5 Å². The normalized spacial score (nSPS) is 17.5. The van der Waals surface area contributed by atoms with Gasteiger partial charge in [-0.1, -0.05) is 42.5 Å². The molecule has 0 radical (unpaired) electrons. The van der Waals surface area contributed by atoms with Crippen LogP contribution in [0.5, 0.6) is 0 Å². The monoisotopic (exact) mass is 451 g/mol. The van der Waals surface area contributed by atoms with E-state index < -0.39 is 48.6 Å². The van der Waals surface area contributed by atoms with E-state index in [9.17, 15) is 31.9 Å². The first kappa shape index (κ1) is 23.2. The third-order valence-corrected chi connectivity index (χ3v) is 5.23. The van der Waals surface area contributed by atoms with Crippen molar-refractivity contribution < 1.29 is 31.9 Å². The van der Waals surface area contributed by atoms with Gasteiger partial charge in [0.25, 0.3) is 23.4 Å². The molecule has 0 saturated heterocycles. The Kier molecular flexibility index (Phi) is 6.25. The minimum atomic E-state index is -4.54. The Morgan fingerprint density at radius 3 is 2.22 bits per heavy atom. The molecule has 0 aliphatic carbocycles. The van der Waals surface area contributed by atoms with E-state index in [1.54, 1.807) is 53.8 Å². The predicted molar refractivity (Wildman–Crippen MR) is 109 cm³/mol. The van der Waals surface area contributed by atoms with Gasteiger partial charge in [0.1, 0.15) is 6.04 Å². The summed E-state index contributed by atoms with van der Waals surface area (Å²) in [6.07, 6.45) is -5.91. The lowest BCUT2D eigenvalue weighted by Crippen LogP contribution is -2.54. The van der Waals surface area contributed by atoms with Crippen molar-refractivity contribution in [1.29, 1.82) is 0 Å². The van der Waals surface area contributed by atoms with Crippen LogP contribution in [0.2, 0.25) is 0 Å².